The van der Waals surface area contributed by atoms with Crippen LogP contribution in [0.3, 0.4) is 0 Å². The standard InChI is InChI=1S/C58H50N4O/c1-36-22-23-37-24-25-45(35-52(37)60-36)62-54-20-10-8-16-47(54)48-19-13-18-46(56(48)62)38-26-27-59-50(31-38)39-14-12-15-40(28-39)51-32-42(33-53(61-51)49-17-9-11-21-55(49)63)41-29-43(57(2,3)4)34-44(30-41)58(5,6)7/h8-35,63H,1-7H3. The van der Waals surface area contributed by atoms with Crippen LogP contribution < -0.4 is 0 Å². The Morgan fingerprint density at radius 2 is 1.11 bits per heavy atom. The molecule has 308 valence electrons. The van der Waals surface area contributed by atoms with Gasteiger partial charge in [-0.25, -0.2) is 4.98 Å². The number of para-hydroxylation sites is 3. The summed E-state index contributed by atoms with van der Waals surface area (Å²) in [6.45, 7) is 15.6. The summed E-state index contributed by atoms with van der Waals surface area (Å²) < 4.78 is 2.38. The van der Waals surface area contributed by atoms with Crippen LogP contribution in [0.5, 0.6) is 5.75 Å². The Morgan fingerprint density at radius 1 is 0.476 bits per heavy atom. The summed E-state index contributed by atoms with van der Waals surface area (Å²) in [5.74, 6) is 0.197. The zero-order valence-electron chi connectivity index (χ0n) is 36.9. The number of aromatic nitrogens is 4. The first kappa shape index (κ1) is 39.7. The zero-order valence-corrected chi connectivity index (χ0v) is 36.9. The number of aromatic hydroxyl groups is 1. The summed E-state index contributed by atoms with van der Waals surface area (Å²) in [6, 6.07) is 57.5. The number of hydrogen-bond donors (Lipinski definition) is 1. The van der Waals surface area contributed by atoms with Gasteiger partial charge in [0.1, 0.15) is 5.75 Å². The largest absolute Gasteiger partial charge is 0.507 e. The molecule has 0 aliphatic heterocycles. The Morgan fingerprint density at radius 3 is 1.89 bits per heavy atom. The highest BCUT2D eigenvalue weighted by atomic mass is 16.3. The molecule has 1 N–H and O–H groups in total. The molecule has 5 heteroatoms. The topological polar surface area (TPSA) is 63.8 Å². The van der Waals surface area contributed by atoms with Crippen molar-refractivity contribution in [2.24, 2.45) is 0 Å². The Kier molecular flexibility index (Phi) is 9.60. The van der Waals surface area contributed by atoms with Crippen molar-refractivity contribution < 1.29 is 5.11 Å². The summed E-state index contributed by atoms with van der Waals surface area (Å²) in [4.78, 5) is 15.1. The van der Waals surface area contributed by atoms with Crippen molar-refractivity contribution in [1.82, 2.24) is 19.5 Å². The highest BCUT2D eigenvalue weighted by Gasteiger charge is 2.23. The molecule has 0 atom stereocenters. The summed E-state index contributed by atoms with van der Waals surface area (Å²) in [6.07, 6.45) is 1.91. The molecule has 5 nitrogen and oxygen atoms in total. The van der Waals surface area contributed by atoms with E-state index >= 15 is 0 Å². The maximum Gasteiger partial charge on any atom is 0.124 e. The third kappa shape index (κ3) is 7.44. The molecular weight excluding hydrogens is 769 g/mol. The van der Waals surface area contributed by atoms with Crippen molar-refractivity contribution >= 4 is 32.7 Å². The van der Waals surface area contributed by atoms with Crippen LogP contribution in [-0.2, 0) is 10.8 Å². The lowest BCUT2D eigenvalue weighted by atomic mass is 9.79. The fraction of sp³-hybridized carbons (Fsp3) is 0.155. The van der Waals surface area contributed by atoms with Gasteiger partial charge in [0.15, 0.2) is 0 Å². The molecule has 0 unspecified atom stereocenters. The second-order valence-corrected chi connectivity index (χ2v) is 18.8. The number of rotatable bonds is 6. The molecule has 10 aromatic rings. The fourth-order valence-corrected chi connectivity index (χ4v) is 8.79. The number of hydrogen-bond acceptors (Lipinski definition) is 4. The van der Waals surface area contributed by atoms with Crippen LogP contribution in [0, 0.1) is 6.92 Å². The molecule has 0 saturated heterocycles. The molecule has 0 spiro atoms. The molecule has 4 heterocycles. The van der Waals surface area contributed by atoms with E-state index < -0.39 is 0 Å². The third-order valence-corrected chi connectivity index (χ3v) is 12.3. The van der Waals surface area contributed by atoms with Gasteiger partial charge in [0.05, 0.1) is 33.6 Å². The van der Waals surface area contributed by atoms with Crippen LogP contribution >= 0.6 is 0 Å². The predicted octanol–water partition coefficient (Wildman–Crippen LogP) is 15.1. The van der Waals surface area contributed by atoms with Crippen molar-refractivity contribution in [2.45, 2.75) is 59.3 Å². The summed E-state index contributed by atoms with van der Waals surface area (Å²) in [5, 5.41) is 14.6. The van der Waals surface area contributed by atoms with Crippen molar-refractivity contribution in [3.8, 4) is 67.5 Å². The van der Waals surface area contributed by atoms with Crippen LogP contribution in [0.25, 0.3) is 94.4 Å². The molecule has 0 radical (unpaired) electrons. The van der Waals surface area contributed by atoms with Gasteiger partial charge in [0, 0.05) is 56.0 Å². The number of nitrogens with zero attached hydrogens (tertiary/aromatic N) is 4. The molecule has 0 fully saturated rings. The molecule has 0 bridgehead atoms. The molecule has 10 rings (SSSR count). The minimum absolute atomic E-state index is 0.0442. The van der Waals surface area contributed by atoms with E-state index in [2.05, 4.69) is 186 Å². The van der Waals surface area contributed by atoms with Gasteiger partial charge in [0.2, 0.25) is 0 Å². The monoisotopic (exact) mass is 818 g/mol. The van der Waals surface area contributed by atoms with E-state index in [-0.39, 0.29) is 16.6 Å². The second kappa shape index (κ2) is 15.2. The Hall–Kier alpha value is -7.37. The highest BCUT2D eigenvalue weighted by Crippen LogP contribution is 2.41. The average molecular weight is 819 g/mol. The number of fused-ring (bicyclic) bond motifs is 4. The average Bonchev–Trinajstić information content (AvgIpc) is 3.63. The van der Waals surface area contributed by atoms with Crippen molar-refractivity contribution in [3.05, 3.63) is 187 Å². The van der Waals surface area contributed by atoms with Gasteiger partial charge in [0.25, 0.3) is 0 Å². The third-order valence-electron chi connectivity index (χ3n) is 12.3. The first-order chi connectivity index (χ1) is 30.3. The van der Waals surface area contributed by atoms with E-state index in [0.29, 0.717) is 11.3 Å². The quantitative estimate of drug-likeness (QED) is 0.181. The smallest absolute Gasteiger partial charge is 0.124 e. The van der Waals surface area contributed by atoms with Crippen LogP contribution in [-0.4, -0.2) is 24.6 Å². The second-order valence-electron chi connectivity index (χ2n) is 18.8. The van der Waals surface area contributed by atoms with Crippen molar-refractivity contribution in [2.75, 3.05) is 0 Å². The van der Waals surface area contributed by atoms with Gasteiger partial charge in [-0.1, -0.05) is 139 Å². The minimum Gasteiger partial charge on any atom is -0.507 e. The van der Waals surface area contributed by atoms with E-state index in [1.165, 1.54) is 21.9 Å². The molecule has 0 amide bonds. The van der Waals surface area contributed by atoms with E-state index in [9.17, 15) is 5.11 Å². The lowest BCUT2D eigenvalue weighted by Gasteiger charge is -2.26. The maximum atomic E-state index is 11.1. The van der Waals surface area contributed by atoms with Crippen molar-refractivity contribution in [3.63, 3.8) is 0 Å². The zero-order chi connectivity index (χ0) is 43.6. The van der Waals surface area contributed by atoms with E-state index in [1.807, 2.05) is 31.3 Å². The number of benzene rings is 6. The number of phenols is 1. The van der Waals surface area contributed by atoms with Crippen LogP contribution in [0.1, 0.15) is 58.4 Å². The number of aryl methyl sites for hydroxylation is 1. The van der Waals surface area contributed by atoms with E-state index in [4.69, 9.17) is 15.0 Å². The van der Waals surface area contributed by atoms with Crippen molar-refractivity contribution in [1.29, 1.82) is 0 Å². The first-order valence-electron chi connectivity index (χ1n) is 21.7. The number of pyridine rings is 3. The van der Waals surface area contributed by atoms with E-state index in [1.54, 1.807) is 6.07 Å². The highest BCUT2D eigenvalue weighted by molar-refractivity contribution is 6.14. The Labute approximate surface area is 369 Å². The summed E-state index contributed by atoms with van der Waals surface area (Å²) in [7, 11) is 0. The van der Waals surface area contributed by atoms with Gasteiger partial charge in [-0.05, 0) is 112 Å². The molecule has 6 aromatic carbocycles. The van der Waals surface area contributed by atoms with Crippen LogP contribution in [0.15, 0.2) is 170 Å². The normalized spacial score (nSPS) is 12.1. The summed E-state index contributed by atoms with van der Waals surface area (Å²) in [5.41, 5.74) is 17.2. The predicted molar refractivity (Wildman–Crippen MR) is 263 cm³/mol. The van der Waals surface area contributed by atoms with E-state index in [0.717, 1.165) is 78.1 Å². The lowest BCUT2D eigenvalue weighted by molar-refractivity contribution is 0.477. The van der Waals surface area contributed by atoms with Gasteiger partial charge >= 0.3 is 0 Å². The molecule has 63 heavy (non-hydrogen) atoms. The SMILES string of the molecule is Cc1ccc2ccc(-n3c4ccccc4c4cccc(-c5ccnc(-c6cccc(-c7cc(-c8cc(C(C)(C)C)cc(C(C)(C)C)c8)cc(-c8ccccc8O)n7)c6)c5)c43)cc2n1. The Bertz CT molecular complexity index is 3370. The van der Waals surface area contributed by atoms with Crippen LogP contribution in [0.4, 0.5) is 0 Å². The molecule has 0 saturated carbocycles. The van der Waals surface area contributed by atoms with Gasteiger partial charge in [-0.2, -0.15) is 0 Å². The minimum atomic E-state index is -0.0442. The van der Waals surface area contributed by atoms with Gasteiger partial charge in [-0.3, -0.25) is 9.97 Å². The molecular formula is C58H50N4O. The Balaban J connectivity index is 1.11. The maximum absolute atomic E-state index is 11.1. The molecule has 0 aliphatic carbocycles. The van der Waals surface area contributed by atoms with Gasteiger partial charge in [-0.15, -0.1) is 0 Å². The number of phenolic OH excluding ortho intramolecular Hbond substituents is 1. The molecule has 4 aromatic heterocycles. The fourth-order valence-electron chi connectivity index (χ4n) is 8.79. The summed E-state index contributed by atoms with van der Waals surface area (Å²) >= 11 is 0. The molecule has 0 aliphatic rings. The van der Waals surface area contributed by atoms with Crippen LogP contribution in [0.2, 0.25) is 0 Å². The lowest BCUT2D eigenvalue weighted by Crippen LogP contribution is -2.16. The first-order valence-corrected chi connectivity index (χ1v) is 21.7. The van der Waals surface area contributed by atoms with Gasteiger partial charge < -0.3 is 9.67 Å².